The number of rotatable bonds is 5. The zero-order chi connectivity index (χ0) is 18.7. The van der Waals surface area contributed by atoms with Gasteiger partial charge < -0.3 is 10.1 Å². The SMILES string of the molecule is O=C1NC(=S)NC1=Cc1cc(Br)ccc1OCc1ccc([N+](=O)[O-])cc1. The Kier molecular flexibility index (Phi) is 5.29. The van der Waals surface area contributed by atoms with E-state index in [0.717, 1.165) is 10.0 Å². The van der Waals surface area contributed by atoms with Crippen molar-refractivity contribution < 1.29 is 14.5 Å². The number of carbonyl (C=O) groups is 1. The number of carbonyl (C=O) groups excluding carboxylic acids is 1. The standard InChI is InChI=1S/C17H12BrN3O4S/c18-12-3-6-15(11(7-12)8-14-16(22)20-17(26)19-14)25-9-10-1-4-13(5-2-10)21(23)24/h1-8H,9H2,(H2,19,20,22,26). The third-order valence-electron chi connectivity index (χ3n) is 3.53. The van der Waals surface area contributed by atoms with Gasteiger partial charge in [-0.3, -0.25) is 20.2 Å². The number of thiocarbonyl (C=S) groups is 1. The van der Waals surface area contributed by atoms with E-state index in [0.29, 0.717) is 17.0 Å². The highest BCUT2D eigenvalue weighted by Crippen LogP contribution is 2.27. The molecular weight excluding hydrogens is 422 g/mol. The van der Waals surface area contributed by atoms with Gasteiger partial charge in [-0.15, -0.1) is 0 Å². The highest BCUT2D eigenvalue weighted by Gasteiger charge is 2.20. The number of amides is 1. The molecule has 0 spiro atoms. The molecule has 1 heterocycles. The maximum absolute atomic E-state index is 11.8. The first-order valence-electron chi connectivity index (χ1n) is 7.42. The lowest BCUT2D eigenvalue weighted by Gasteiger charge is -2.10. The molecule has 7 nitrogen and oxygen atoms in total. The first kappa shape index (κ1) is 18.0. The predicted octanol–water partition coefficient (Wildman–Crippen LogP) is 3.28. The van der Waals surface area contributed by atoms with E-state index >= 15 is 0 Å². The molecule has 1 amide bonds. The molecule has 0 saturated carbocycles. The Bertz CT molecular complexity index is 928. The van der Waals surface area contributed by atoms with Crippen LogP contribution in [0.15, 0.2) is 52.6 Å². The zero-order valence-corrected chi connectivity index (χ0v) is 15.6. The molecule has 1 saturated heterocycles. The van der Waals surface area contributed by atoms with Crippen LogP contribution in [-0.4, -0.2) is 15.9 Å². The summed E-state index contributed by atoms with van der Waals surface area (Å²) in [6.07, 6.45) is 1.64. The van der Waals surface area contributed by atoms with Crippen LogP contribution >= 0.6 is 28.1 Å². The van der Waals surface area contributed by atoms with Gasteiger partial charge in [0.1, 0.15) is 18.1 Å². The van der Waals surface area contributed by atoms with Gasteiger partial charge in [-0.05, 0) is 54.2 Å². The van der Waals surface area contributed by atoms with Crippen LogP contribution in [0.3, 0.4) is 0 Å². The molecule has 0 atom stereocenters. The second-order valence-corrected chi connectivity index (χ2v) is 6.68. The summed E-state index contributed by atoms with van der Waals surface area (Å²) in [5.41, 5.74) is 1.82. The molecule has 0 bridgehead atoms. The van der Waals surface area contributed by atoms with Crippen molar-refractivity contribution in [3.8, 4) is 5.75 Å². The number of non-ortho nitro benzene ring substituents is 1. The van der Waals surface area contributed by atoms with Gasteiger partial charge in [0.05, 0.1) is 4.92 Å². The third-order valence-corrected chi connectivity index (χ3v) is 4.23. The Morgan fingerprint density at radius 2 is 1.92 bits per heavy atom. The van der Waals surface area contributed by atoms with Gasteiger partial charge in [0.15, 0.2) is 5.11 Å². The van der Waals surface area contributed by atoms with Crippen LogP contribution in [0.1, 0.15) is 11.1 Å². The summed E-state index contributed by atoms with van der Waals surface area (Å²) in [5.74, 6) is 0.253. The van der Waals surface area contributed by atoms with Crippen LogP contribution in [0.4, 0.5) is 5.69 Å². The molecule has 1 aliphatic rings. The molecule has 2 aromatic carbocycles. The van der Waals surface area contributed by atoms with E-state index in [-0.39, 0.29) is 23.3 Å². The fourth-order valence-corrected chi connectivity index (χ4v) is 2.86. The van der Waals surface area contributed by atoms with Crippen molar-refractivity contribution in [3.05, 3.63) is 73.9 Å². The van der Waals surface area contributed by atoms with Crippen molar-refractivity contribution >= 4 is 50.9 Å². The average molecular weight is 434 g/mol. The van der Waals surface area contributed by atoms with Crippen molar-refractivity contribution in [2.24, 2.45) is 0 Å². The molecule has 0 aromatic heterocycles. The van der Waals surface area contributed by atoms with E-state index in [2.05, 4.69) is 26.6 Å². The number of halogens is 1. The van der Waals surface area contributed by atoms with Gasteiger partial charge in [-0.25, -0.2) is 0 Å². The van der Waals surface area contributed by atoms with Gasteiger partial charge in [0.25, 0.3) is 11.6 Å². The van der Waals surface area contributed by atoms with Gasteiger partial charge in [0.2, 0.25) is 0 Å². The number of nitrogens with zero attached hydrogens (tertiary/aromatic N) is 1. The summed E-state index contributed by atoms with van der Waals surface area (Å²) in [6.45, 7) is 0.230. The minimum atomic E-state index is -0.451. The molecule has 2 N–H and O–H groups in total. The summed E-state index contributed by atoms with van der Waals surface area (Å²) in [6, 6.07) is 11.5. The smallest absolute Gasteiger partial charge is 0.273 e. The maximum atomic E-state index is 11.8. The summed E-state index contributed by atoms with van der Waals surface area (Å²) < 4.78 is 6.65. The van der Waals surface area contributed by atoms with Gasteiger partial charge >= 0.3 is 0 Å². The molecule has 1 fully saturated rings. The summed E-state index contributed by atoms with van der Waals surface area (Å²) in [7, 11) is 0. The topological polar surface area (TPSA) is 93.5 Å². The number of nitrogens with one attached hydrogen (secondary N) is 2. The first-order valence-corrected chi connectivity index (χ1v) is 8.62. The summed E-state index contributed by atoms with van der Waals surface area (Å²) in [5, 5.41) is 16.2. The number of ether oxygens (including phenoxy) is 1. The van der Waals surface area contributed by atoms with E-state index < -0.39 is 4.92 Å². The van der Waals surface area contributed by atoms with Crippen molar-refractivity contribution in [1.29, 1.82) is 0 Å². The van der Waals surface area contributed by atoms with Crippen molar-refractivity contribution in [2.75, 3.05) is 0 Å². The summed E-state index contributed by atoms with van der Waals surface area (Å²) >= 11 is 8.31. The van der Waals surface area contributed by atoms with E-state index in [9.17, 15) is 14.9 Å². The Morgan fingerprint density at radius 1 is 1.19 bits per heavy atom. The lowest BCUT2D eigenvalue weighted by molar-refractivity contribution is -0.384. The molecule has 0 unspecified atom stereocenters. The molecule has 9 heteroatoms. The van der Waals surface area contributed by atoms with Gasteiger partial charge in [-0.2, -0.15) is 0 Å². The van der Waals surface area contributed by atoms with E-state index in [1.807, 2.05) is 12.1 Å². The van der Waals surface area contributed by atoms with Gasteiger partial charge in [0, 0.05) is 22.2 Å². The molecule has 0 radical (unpaired) electrons. The second-order valence-electron chi connectivity index (χ2n) is 5.36. The largest absolute Gasteiger partial charge is 0.488 e. The molecule has 1 aliphatic heterocycles. The van der Waals surface area contributed by atoms with Crippen LogP contribution in [0, 0.1) is 10.1 Å². The number of nitro groups is 1. The number of hydrogen-bond donors (Lipinski definition) is 2. The van der Waals surface area contributed by atoms with Gasteiger partial charge in [-0.1, -0.05) is 15.9 Å². The Morgan fingerprint density at radius 3 is 2.54 bits per heavy atom. The van der Waals surface area contributed by atoms with Crippen molar-refractivity contribution in [1.82, 2.24) is 10.6 Å². The molecule has 26 heavy (non-hydrogen) atoms. The minimum Gasteiger partial charge on any atom is -0.488 e. The van der Waals surface area contributed by atoms with E-state index in [1.165, 1.54) is 12.1 Å². The van der Waals surface area contributed by atoms with E-state index in [1.54, 1.807) is 24.3 Å². The average Bonchev–Trinajstić information content (AvgIpc) is 2.92. The second kappa shape index (κ2) is 7.63. The van der Waals surface area contributed by atoms with Crippen LogP contribution < -0.4 is 15.4 Å². The Balaban J connectivity index is 1.80. The lowest BCUT2D eigenvalue weighted by atomic mass is 10.1. The fraction of sp³-hybridized carbons (Fsp3) is 0.0588. The quantitative estimate of drug-likeness (QED) is 0.325. The lowest BCUT2D eigenvalue weighted by Crippen LogP contribution is -2.21. The first-order chi connectivity index (χ1) is 12.4. The van der Waals surface area contributed by atoms with Crippen LogP contribution in [0.5, 0.6) is 5.75 Å². The Hall–Kier alpha value is -2.78. The minimum absolute atomic E-state index is 0.0251. The normalized spacial score (nSPS) is 14.9. The molecular formula is C17H12BrN3O4S. The number of nitro benzene ring substituents is 1. The van der Waals surface area contributed by atoms with Crippen LogP contribution in [0.2, 0.25) is 0 Å². The van der Waals surface area contributed by atoms with E-state index in [4.69, 9.17) is 17.0 Å². The highest BCUT2D eigenvalue weighted by molar-refractivity contribution is 9.10. The molecule has 0 aliphatic carbocycles. The monoisotopic (exact) mass is 433 g/mol. The maximum Gasteiger partial charge on any atom is 0.273 e. The third kappa shape index (κ3) is 4.24. The Labute approximate surface area is 162 Å². The van der Waals surface area contributed by atoms with Crippen molar-refractivity contribution in [2.45, 2.75) is 6.61 Å². The van der Waals surface area contributed by atoms with Crippen molar-refractivity contribution in [3.63, 3.8) is 0 Å². The van der Waals surface area contributed by atoms with Crippen LogP contribution in [-0.2, 0) is 11.4 Å². The molecule has 132 valence electrons. The molecule has 2 aromatic rings. The summed E-state index contributed by atoms with van der Waals surface area (Å²) in [4.78, 5) is 22.1. The molecule has 3 rings (SSSR count). The predicted molar refractivity (Wildman–Crippen MR) is 103 cm³/mol. The number of hydrogen-bond acceptors (Lipinski definition) is 5. The van der Waals surface area contributed by atoms with Crippen LogP contribution in [0.25, 0.3) is 6.08 Å². The highest BCUT2D eigenvalue weighted by atomic mass is 79.9. The number of benzene rings is 2. The zero-order valence-electron chi connectivity index (χ0n) is 13.2. The fourth-order valence-electron chi connectivity index (χ4n) is 2.28.